The van der Waals surface area contributed by atoms with Crippen LogP contribution in [-0.4, -0.2) is 51.3 Å². The molecular weight excluding hydrogens is 364 g/mol. The number of sulfone groups is 1. The number of benzene rings is 1. The molecule has 20 heavy (non-hydrogen) atoms. The van der Waals surface area contributed by atoms with E-state index < -0.39 is 9.84 Å². The zero-order valence-corrected chi connectivity index (χ0v) is 14.6. The quantitative estimate of drug-likeness (QED) is 0.863. The van der Waals surface area contributed by atoms with Crippen LogP contribution in [0.2, 0.25) is 0 Å². The van der Waals surface area contributed by atoms with Gasteiger partial charge in [0.05, 0.1) is 10.6 Å². The van der Waals surface area contributed by atoms with Crippen LogP contribution in [-0.2, 0) is 9.84 Å². The molecule has 0 aliphatic carbocycles. The monoisotopic (exact) mass is 382 g/mol. The summed E-state index contributed by atoms with van der Waals surface area (Å²) in [5.41, 5.74) is 0. The highest BCUT2D eigenvalue weighted by Crippen LogP contribution is 2.16. The van der Waals surface area contributed by atoms with Crippen LogP contribution in [0.1, 0.15) is 6.92 Å². The first kappa shape index (κ1) is 17.9. The zero-order valence-electron chi connectivity index (χ0n) is 11.4. The van der Waals surface area contributed by atoms with Gasteiger partial charge in [0, 0.05) is 36.7 Å². The summed E-state index contributed by atoms with van der Waals surface area (Å²) in [6.07, 6.45) is 0. The fourth-order valence-electron chi connectivity index (χ4n) is 2.21. The van der Waals surface area contributed by atoms with E-state index in [2.05, 4.69) is 33.1 Å². The van der Waals surface area contributed by atoms with Gasteiger partial charge in [0.1, 0.15) is 0 Å². The van der Waals surface area contributed by atoms with Crippen molar-refractivity contribution in [3.63, 3.8) is 0 Å². The minimum atomic E-state index is -3.18. The summed E-state index contributed by atoms with van der Waals surface area (Å²) in [5, 5.41) is 3.30. The van der Waals surface area contributed by atoms with E-state index in [0.29, 0.717) is 17.5 Å². The van der Waals surface area contributed by atoms with E-state index in [-0.39, 0.29) is 18.2 Å². The van der Waals surface area contributed by atoms with E-state index in [0.717, 1.165) is 24.1 Å². The predicted molar refractivity (Wildman–Crippen MR) is 87.3 cm³/mol. The van der Waals surface area contributed by atoms with Gasteiger partial charge in [-0.15, -0.1) is 12.4 Å². The van der Waals surface area contributed by atoms with Gasteiger partial charge in [0.25, 0.3) is 0 Å². The van der Waals surface area contributed by atoms with Gasteiger partial charge in [-0.3, -0.25) is 4.90 Å². The first-order chi connectivity index (χ1) is 8.99. The van der Waals surface area contributed by atoms with Crippen molar-refractivity contribution in [2.45, 2.75) is 17.9 Å². The highest BCUT2D eigenvalue weighted by molar-refractivity contribution is 9.10. The van der Waals surface area contributed by atoms with Crippen LogP contribution in [0.3, 0.4) is 0 Å². The largest absolute Gasteiger partial charge is 0.314 e. The Balaban J connectivity index is 0.00000200. The summed E-state index contributed by atoms with van der Waals surface area (Å²) in [5.74, 6) is 0.180. The highest BCUT2D eigenvalue weighted by Gasteiger charge is 2.21. The molecule has 114 valence electrons. The lowest BCUT2D eigenvalue weighted by Crippen LogP contribution is -2.50. The molecule has 1 aliphatic rings. The molecule has 1 atom stereocenters. The van der Waals surface area contributed by atoms with Crippen molar-refractivity contribution in [1.29, 1.82) is 0 Å². The van der Waals surface area contributed by atoms with Crippen LogP contribution in [0.5, 0.6) is 0 Å². The normalized spacial score (nSPS) is 20.4. The van der Waals surface area contributed by atoms with Gasteiger partial charge in [-0.2, -0.15) is 0 Å². The summed E-state index contributed by atoms with van der Waals surface area (Å²) in [4.78, 5) is 2.63. The van der Waals surface area contributed by atoms with Crippen molar-refractivity contribution in [2.24, 2.45) is 0 Å². The van der Waals surface area contributed by atoms with E-state index in [9.17, 15) is 8.42 Å². The molecule has 1 heterocycles. The maximum absolute atomic E-state index is 12.2. The van der Waals surface area contributed by atoms with Crippen LogP contribution in [0.15, 0.2) is 33.6 Å². The molecule has 1 aliphatic heterocycles. The summed E-state index contributed by atoms with van der Waals surface area (Å²) in [6, 6.07) is 7.23. The molecule has 4 nitrogen and oxygen atoms in total. The molecule has 0 spiro atoms. The molecule has 1 aromatic carbocycles. The van der Waals surface area contributed by atoms with Gasteiger partial charge in [-0.05, 0) is 31.2 Å². The topological polar surface area (TPSA) is 49.4 Å². The van der Waals surface area contributed by atoms with Crippen LogP contribution in [0.4, 0.5) is 0 Å². The minimum absolute atomic E-state index is 0. The van der Waals surface area contributed by atoms with E-state index in [1.807, 2.05) is 0 Å². The average Bonchev–Trinajstić information content (AvgIpc) is 2.38. The third kappa shape index (κ3) is 4.70. The second-order valence-electron chi connectivity index (χ2n) is 4.86. The highest BCUT2D eigenvalue weighted by atomic mass is 79.9. The van der Waals surface area contributed by atoms with Crippen molar-refractivity contribution < 1.29 is 8.42 Å². The first-order valence-corrected chi connectivity index (χ1v) is 8.87. The predicted octanol–water partition coefficient (Wildman–Crippen LogP) is 1.94. The molecule has 0 bridgehead atoms. The average molecular weight is 384 g/mol. The smallest absolute Gasteiger partial charge is 0.179 e. The van der Waals surface area contributed by atoms with Crippen molar-refractivity contribution in [3.8, 4) is 0 Å². The number of hydrogen-bond acceptors (Lipinski definition) is 4. The molecule has 1 fully saturated rings. The van der Waals surface area contributed by atoms with Crippen molar-refractivity contribution in [1.82, 2.24) is 10.2 Å². The molecule has 0 unspecified atom stereocenters. The molecule has 0 aromatic heterocycles. The second-order valence-corrected chi connectivity index (χ2v) is 7.89. The molecule has 1 aromatic rings. The molecule has 1 saturated heterocycles. The Morgan fingerprint density at radius 3 is 2.60 bits per heavy atom. The standard InChI is InChI=1S/C13H19BrN2O2S.ClH/c1-11-10-15-6-7-16(11)8-9-19(17,18)13-4-2-12(14)3-5-13;/h2-5,11,15H,6-10H2,1H3;1H/t11-;/m1./s1. The lowest BCUT2D eigenvalue weighted by Gasteiger charge is -2.33. The van der Waals surface area contributed by atoms with Gasteiger partial charge in [-0.25, -0.2) is 8.42 Å². The van der Waals surface area contributed by atoms with Gasteiger partial charge in [-0.1, -0.05) is 15.9 Å². The van der Waals surface area contributed by atoms with Crippen LogP contribution in [0, 0.1) is 0 Å². The van der Waals surface area contributed by atoms with E-state index in [1.54, 1.807) is 24.3 Å². The van der Waals surface area contributed by atoms with Crippen molar-refractivity contribution >= 4 is 38.2 Å². The number of rotatable bonds is 4. The Labute approximate surface area is 135 Å². The Morgan fingerprint density at radius 2 is 2.00 bits per heavy atom. The van der Waals surface area contributed by atoms with Gasteiger partial charge >= 0.3 is 0 Å². The molecule has 7 heteroatoms. The molecular formula is C13H20BrClN2O2S. The number of nitrogens with zero attached hydrogens (tertiary/aromatic N) is 1. The first-order valence-electron chi connectivity index (χ1n) is 6.42. The molecule has 2 rings (SSSR count). The lowest BCUT2D eigenvalue weighted by atomic mass is 10.2. The number of hydrogen-bond donors (Lipinski definition) is 1. The zero-order chi connectivity index (χ0) is 13.9. The SMILES string of the molecule is C[C@@H]1CNCCN1CCS(=O)(=O)c1ccc(Br)cc1.Cl. The summed E-state index contributed by atoms with van der Waals surface area (Å²) in [6.45, 7) is 5.50. The Kier molecular flexibility index (Phi) is 6.94. The maximum atomic E-state index is 12.2. The number of halogens is 2. The fraction of sp³-hybridized carbons (Fsp3) is 0.538. The summed E-state index contributed by atoms with van der Waals surface area (Å²) < 4.78 is 25.4. The maximum Gasteiger partial charge on any atom is 0.179 e. The van der Waals surface area contributed by atoms with E-state index >= 15 is 0 Å². The number of piperazine rings is 1. The van der Waals surface area contributed by atoms with Gasteiger partial charge in [0.15, 0.2) is 9.84 Å². The lowest BCUT2D eigenvalue weighted by molar-refractivity contribution is 0.184. The van der Waals surface area contributed by atoms with Crippen LogP contribution < -0.4 is 5.32 Å². The van der Waals surface area contributed by atoms with Crippen LogP contribution >= 0.6 is 28.3 Å². The van der Waals surface area contributed by atoms with Gasteiger partial charge < -0.3 is 5.32 Å². The van der Waals surface area contributed by atoms with Crippen molar-refractivity contribution in [2.75, 3.05) is 31.9 Å². The molecule has 1 N–H and O–H groups in total. The Morgan fingerprint density at radius 1 is 1.35 bits per heavy atom. The third-order valence-corrected chi connectivity index (χ3v) is 5.70. The fourth-order valence-corrected chi connectivity index (χ4v) is 3.74. The Bertz CT molecular complexity index is 522. The van der Waals surface area contributed by atoms with Crippen molar-refractivity contribution in [3.05, 3.63) is 28.7 Å². The van der Waals surface area contributed by atoms with E-state index in [4.69, 9.17) is 0 Å². The van der Waals surface area contributed by atoms with Gasteiger partial charge in [0.2, 0.25) is 0 Å². The molecule has 0 radical (unpaired) electrons. The van der Waals surface area contributed by atoms with Crippen LogP contribution in [0.25, 0.3) is 0 Å². The summed E-state index contributed by atoms with van der Waals surface area (Å²) in [7, 11) is -3.18. The molecule has 0 saturated carbocycles. The minimum Gasteiger partial charge on any atom is -0.314 e. The third-order valence-electron chi connectivity index (χ3n) is 3.46. The number of nitrogens with one attached hydrogen (secondary N) is 1. The van der Waals surface area contributed by atoms with E-state index in [1.165, 1.54) is 0 Å². The molecule has 0 amide bonds. The summed E-state index contributed by atoms with van der Waals surface area (Å²) >= 11 is 3.31. The Hall–Kier alpha value is -0.140. The second kappa shape index (κ2) is 7.75.